The number of carbonyl (C=O) groups is 1. The van der Waals surface area contributed by atoms with Crippen molar-refractivity contribution in [1.29, 1.82) is 5.26 Å². The van der Waals surface area contributed by atoms with Crippen LogP contribution in [0.3, 0.4) is 0 Å². The van der Waals surface area contributed by atoms with Gasteiger partial charge in [0.05, 0.1) is 12.0 Å². The normalized spacial score (nSPS) is 24.8. The van der Waals surface area contributed by atoms with Crippen LogP contribution in [0, 0.1) is 17.2 Å². The van der Waals surface area contributed by atoms with Gasteiger partial charge in [0.25, 0.3) is 0 Å². The molecule has 2 atom stereocenters. The summed E-state index contributed by atoms with van der Waals surface area (Å²) in [6.07, 6.45) is 4.93. The molecule has 0 bridgehead atoms. The van der Waals surface area contributed by atoms with Crippen molar-refractivity contribution in [2.24, 2.45) is 5.92 Å². The lowest BCUT2D eigenvalue weighted by Gasteiger charge is -2.27. The minimum Gasteiger partial charge on any atom is -0.349 e. The fraction of sp³-hybridized carbons (Fsp3) is 0.833. The average molecular weight is 223 g/mol. The molecule has 0 heterocycles. The molecule has 1 aliphatic carbocycles. The Morgan fingerprint density at radius 2 is 2.12 bits per heavy atom. The van der Waals surface area contributed by atoms with Crippen molar-refractivity contribution in [3.8, 4) is 6.07 Å². The molecule has 0 aromatic rings. The van der Waals surface area contributed by atoms with E-state index >= 15 is 0 Å². The number of nitriles is 1. The zero-order valence-corrected chi connectivity index (χ0v) is 10.2. The fourth-order valence-corrected chi connectivity index (χ4v) is 2.12. The molecule has 0 aromatic carbocycles. The summed E-state index contributed by atoms with van der Waals surface area (Å²) in [7, 11) is 3.53. The third kappa shape index (κ3) is 3.82. The van der Waals surface area contributed by atoms with Gasteiger partial charge in [-0.2, -0.15) is 5.26 Å². The van der Waals surface area contributed by atoms with Crippen LogP contribution in [0.25, 0.3) is 0 Å². The first kappa shape index (κ1) is 13.0. The highest BCUT2D eigenvalue weighted by Gasteiger charge is 2.24. The van der Waals surface area contributed by atoms with Gasteiger partial charge in [-0.25, -0.2) is 0 Å². The quantitative estimate of drug-likeness (QED) is 0.777. The zero-order valence-electron chi connectivity index (χ0n) is 10.2. The van der Waals surface area contributed by atoms with Crippen LogP contribution >= 0.6 is 0 Å². The number of nitrogens with one attached hydrogen (secondary N) is 1. The van der Waals surface area contributed by atoms with E-state index in [2.05, 4.69) is 11.4 Å². The molecule has 1 amide bonds. The summed E-state index contributed by atoms with van der Waals surface area (Å²) < 4.78 is 0. The third-order valence-corrected chi connectivity index (χ3v) is 3.18. The lowest BCUT2D eigenvalue weighted by molar-refractivity contribution is -0.128. The third-order valence-electron chi connectivity index (χ3n) is 3.18. The van der Waals surface area contributed by atoms with Crippen molar-refractivity contribution in [1.82, 2.24) is 10.2 Å². The summed E-state index contributed by atoms with van der Waals surface area (Å²) in [6.45, 7) is 0.680. The molecule has 16 heavy (non-hydrogen) atoms. The second kappa shape index (κ2) is 6.49. The van der Waals surface area contributed by atoms with Gasteiger partial charge < -0.3 is 10.2 Å². The summed E-state index contributed by atoms with van der Waals surface area (Å²) in [5, 5.41) is 12.3. The summed E-state index contributed by atoms with van der Waals surface area (Å²) in [6, 6.07) is 2.64. The van der Waals surface area contributed by atoms with E-state index in [1.807, 2.05) is 0 Å². The van der Waals surface area contributed by atoms with E-state index in [-0.39, 0.29) is 17.9 Å². The van der Waals surface area contributed by atoms with E-state index < -0.39 is 0 Å². The van der Waals surface area contributed by atoms with Crippen LogP contribution in [-0.4, -0.2) is 37.5 Å². The van der Waals surface area contributed by atoms with E-state index in [1.165, 1.54) is 6.42 Å². The SMILES string of the molecule is CN(C)C(=O)CCNC1CCCCC1C#N. The van der Waals surface area contributed by atoms with Gasteiger partial charge in [0.1, 0.15) is 0 Å². The Hall–Kier alpha value is -1.08. The number of carbonyl (C=O) groups excluding carboxylic acids is 1. The van der Waals surface area contributed by atoms with Crippen LogP contribution in [0.2, 0.25) is 0 Å². The highest BCUT2D eigenvalue weighted by Crippen LogP contribution is 2.23. The molecule has 0 saturated heterocycles. The maximum atomic E-state index is 11.4. The number of amides is 1. The van der Waals surface area contributed by atoms with Gasteiger partial charge in [-0.15, -0.1) is 0 Å². The van der Waals surface area contributed by atoms with Gasteiger partial charge in [0, 0.05) is 33.1 Å². The standard InChI is InChI=1S/C12H21N3O/c1-15(2)12(16)7-8-14-11-6-4-3-5-10(11)9-13/h10-11,14H,3-8H2,1-2H3. The minimum absolute atomic E-state index is 0.128. The van der Waals surface area contributed by atoms with Gasteiger partial charge in [0.15, 0.2) is 0 Å². The monoisotopic (exact) mass is 223 g/mol. The topological polar surface area (TPSA) is 56.1 Å². The van der Waals surface area contributed by atoms with Crippen molar-refractivity contribution in [3.05, 3.63) is 0 Å². The maximum absolute atomic E-state index is 11.4. The van der Waals surface area contributed by atoms with Crippen LogP contribution < -0.4 is 5.32 Å². The molecular formula is C12H21N3O. The Morgan fingerprint density at radius 1 is 1.44 bits per heavy atom. The van der Waals surface area contributed by atoms with Crippen LogP contribution in [0.4, 0.5) is 0 Å². The van der Waals surface area contributed by atoms with E-state index in [0.29, 0.717) is 13.0 Å². The van der Waals surface area contributed by atoms with Crippen molar-refractivity contribution in [2.75, 3.05) is 20.6 Å². The van der Waals surface area contributed by atoms with Crippen molar-refractivity contribution in [2.45, 2.75) is 38.1 Å². The molecule has 0 aliphatic heterocycles. The van der Waals surface area contributed by atoms with Crippen molar-refractivity contribution < 1.29 is 4.79 Å². The average Bonchev–Trinajstić information content (AvgIpc) is 2.29. The van der Waals surface area contributed by atoms with Crippen LogP contribution in [0.5, 0.6) is 0 Å². The van der Waals surface area contributed by atoms with Crippen LogP contribution in [0.1, 0.15) is 32.1 Å². The molecular weight excluding hydrogens is 202 g/mol. The molecule has 0 aromatic heterocycles. The number of hydrogen-bond donors (Lipinski definition) is 1. The molecule has 4 nitrogen and oxygen atoms in total. The number of nitrogens with zero attached hydrogens (tertiary/aromatic N) is 2. The molecule has 1 aliphatic rings. The first-order valence-electron chi connectivity index (χ1n) is 5.98. The molecule has 1 rings (SSSR count). The predicted octanol–water partition coefficient (Wildman–Crippen LogP) is 1.14. The zero-order chi connectivity index (χ0) is 12.0. The molecule has 0 radical (unpaired) electrons. The van der Waals surface area contributed by atoms with Gasteiger partial charge >= 0.3 is 0 Å². The second-order valence-electron chi connectivity index (χ2n) is 4.62. The molecule has 2 unspecified atom stereocenters. The number of rotatable bonds is 4. The maximum Gasteiger partial charge on any atom is 0.223 e. The Kier molecular flexibility index (Phi) is 5.27. The van der Waals surface area contributed by atoms with Crippen LogP contribution in [0.15, 0.2) is 0 Å². The first-order chi connectivity index (χ1) is 7.65. The second-order valence-corrected chi connectivity index (χ2v) is 4.62. The highest BCUT2D eigenvalue weighted by molar-refractivity contribution is 5.75. The highest BCUT2D eigenvalue weighted by atomic mass is 16.2. The smallest absolute Gasteiger partial charge is 0.223 e. The minimum atomic E-state index is 0.128. The van der Waals surface area contributed by atoms with E-state index in [1.54, 1.807) is 19.0 Å². The Morgan fingerprint density at radius 3 is 2.75 bits per heavy atom. The Bertz CT molecular complexity index is 270. The molecule has 1 fully saturated rings. The van der Waals surface area contributed by atoms with E-state index in [0.717, 1.165) is 19.3 Å². The summed E-state index contributed by atoms with van der Waals surface area (Å²) in [5.74, 6) is 0.264. The molecule has 1 saturated carbocycles. The molecule has 4 heteroatoms. The van der Waals surface area contributed by atoms with E-state index in [9.17, 15) is 4.79 Å². The number of hydrogen-bond acceptors (Lipinski definition) is 3. The predicted molar refractivity (Wildman–Crippen MR) is 62.7 cm³/mol. The summed E-state index contributed by atoms with van der Waals surface area (Å²) in [5.41, 5.74) is 0. The largest absolute Gasteiger partial charge is 0.349 e. The molecule has 0 spiro atoms. The lowest BCUT2D eigenvalue weighted by Crippen LogP contribution is -2.39. The summed E-state index contributed by atoms with van der Waals surface area (Å²) >= 11 is 0. The molecule has 1 N–H and O–H groups in total. The van der Waals surface area contributed by atoms with Gasteiger partial charge in [0.2, 0.25) is 5.91 Å². The lowest BCUT2D eigenvalue weighted by atomic mass is 9.85. The Labute approximate surface area is 97.6 Å². The van der Waals surface area contributed by atoms with Crippen molar-refractivity contribution >= 4 is 5.91 Å². The molecule has 90 valence electrons. The van der Waals surface area contributed by atoms with Gasteiger partial charge in [-0.1, -0.05) is 12.8 Å². The summed E-state index contributed by atoms with van der Waals surface area (Å²) in [4.78, 5) is 13.0. The van der Waals surface area contributed by atoms with E-state index in [4.69, 9.17) is 5.26 Å². The van der Waals surface area contributed by atoms with Gasteiger partial charge in [-0.05, 0) is 12.8 Å². The van der Waals surface area contributed by atoms with Crippen molar-refractivity contribution in [3.63, 3.8) is 0 Å². The van der Waals surface area contributed by atoms with Gasteiger partial charge in [-0.3, -0.25) is 4.79 Å². The fourth-order valence-electron chi connectivity index (χ4n) is 2.12. The first-order valence-corrected chi connectivity index (χ1v) is 5.98. The Balaban J connectivity index is 2.26. The van der Waals surface area contributed by atoms with Crippen LogP contribution in [-0.2, 0) is 4.79 Å².